The summed E-state index contributed by atoms with van der Waals surface area (Å²) in [7, 11) is 0. The van der Waals surface area contributed by atoms with Gasteiger partial charge in [0.15, 0.2) is 0 Å². The monoisotopic (exact) mass is 420 g/mol. The number of carbonyl (C=O) groups is 3. The van der Waals surface area contributed by atoms with Crippen LogP contribution in [0.15, 0.2) is 48.5 Å². The predicted molar refractivity (Wildman–Crippen MR) is 115 cm³/mol. The van der Waals surface area contributed by atoms with Gasteiger partial charge < -0.3 is 20.5 Å². The summed E-state index contributed by atoms with van der Waals surface area (Å²) in [5.41, 5.74) is 4.57. The molecule has 0 heterocycles. The van der Waals surface area contributed by atoms with Crippen molar-refractivity contribution in [2.45, 2.75) is 31.7 Å². The van der Waals surface area contributed by atoms with Crippen molar-refractivity contribution in [1.82, 2.24) is 10.6 Å². The highest BCUT2D eigenvalue weighted by molar-refractivity contribution is 5.86. The zero-order chi connectivity index (χ0) is 22.2. The van der Waals surface area contributed by atoms with Crippen molar-refractivity contribution >= 4 is 18.0 Å². The van der Waals surface area contributed by atoms with Gasteiger partial charge in [-0.25, -0.2) is 9.59 Å². The first-order valence-electron chi connectivity index (χ1n) is 10.1. The van der Waals surface area contributed by atoms with E-state index in [4.69, 9.17) is 9.84 Å². The Hall–Kier alpha value is -3.79. The van der Waals surface area contributed by atoms with Crippen LogP contribution in [0.4, 0.5) is 4.79 Å². The smallest absolute Gasteiger partial charge is 0.407 e. The molecule has 2 aromatic carbocycles. The molecule has 0 aromatic heterocycles. The van der Waals surface area contributed by atoms with Crippen molar-refractivity contribution in [2.75, 3.05) is 13.2 Å². The largest absolute Gasteiger partial charge is 0.472 e. The summed E-state index contributed by atoms with van der Waals surface area (Å²) in [6, 6.07) is 15.8. The van der Waals surface area contributed by atoms with Crippen LogP contribution in [0.25, 0.3) is 11.1 Å². The second-order valence-corrected chi connectivity index (χ2v) is 7.16. The third-order valence-corrected chi connectivity index (χ3v) is 5.16. The van der Waals surface area contributed by atoms with E-state index in [0.29, 0.717) is 6.42 Å². The molecule has 0 fully saturated rings. The third-order valence-electron chi connectivity index (χ3n) is 5.16. The van der Waals surface area contributed by atoms with E-state index in [1.165, 1.54) is 0 Å². The Balaban J connectivity index is 1.53. The number of carboxylic acid groups (broad SMARTS) is 1. The number of ether oxygens (including phenoxy) is 1. The topological polar surface area (TPSA) is 105 Å². The molecule has 1 unspecified atom stereocenters. The lowest BCUT2D eigenvalue weighted by Gasteiger charge is -2.18. The predicted octanol–water partition coefficient (Wildman–Crippen LogP) is 2.90. The number of benzene rings is 2. The number of hydrogen-bond acceptors (Lipinski definition) is 4. The zero-order valence-corrected chi connectivity index (χ0v) is 17.2. The maximum atomic E-state index is 12.4. The Morgan fingerprint density at radius 3 is 2.26 bits per heavy atom. The Morgan fingerprint density at radius 1 is 1.06 bits per heavy atom. The standard InChI is InChI=1S/C24H24N2O5/c1-2-16(14-22(27)25-13-7-12-23(28)29)26-24(30)31-15-21-19-10-5-3-8-17(19)18-9-4-6-11-20(18)21/h3-6,8-11,16,21H,2,13-15H2,1H3,(H,25,27)(H,26,30)(H,28,29). The Bertz CT molecular complexity index is 992. The summed E-state index contributed by atoms with van der Waals surface area (Å²) in [5.74, 6) is 2.63. The fraction of sp³-hybridized carbons (Fsp3) is 0.292. The number of rotatable bonds is 7. The summed E-state index contributed by atoms with van der Waals surface area (Å²) in [6.07, 6.45) is 0.0145. The first-order valence-corrected chi connectivity index (χ1v) is 10.1. The number of amides is 2. The van der Waals surface area contributed by atoms with Gasteiger partial charge in [-0.3, -0.25) is 4.79 Å². The van der Waals surface area contributed by atoms with Crippen molar-refractivity contribution in [3.63, 3.8) is 0 Å². The van der Waals surface area contributed by atoms with Gasteiger partial charge in [0.25, 0.3) is 0 Å². The average molecular weight is 420 g/mol. The number of alkyl carbamates (subject to hydrolysis) is 1. The number of fused-ring (bicyclic) bond motifs is 3. The molecule has 3 N–H and O–H groups in total. The summed E-state index contributed by atoms with van der Waals surface area (Å²) in [6.45, 7) is 1.99. The summed E-state index contributed by atoms with van der Waals surface area (Å²) in [5, 5.41) is 13.7. The van der Waals surface area contributed by atoms with E-state index in [-0.39, 0.29) is 31.4 Å². The van der Waals surface area contributed by atoms with Crippen LogP contribution in [-0.2, 0) is 14.3 Å². The van der Waals surface area contributed by atoms with Gasteiger partial charge in [-0.15, -0.1) is 0 Å². The highest BCUT2D eigenvalue weighted by atomic mass is 16.5. The SMILES string of the molecule is CCC(CC(=O)NCC#CC(=O)O)NC(=O)OCC1c2ccccc2-c2ccccc21. The van der Waals surface area contributed by atoms with Crippen molar-refractivity contribution in [3.8, 4) is 23.0 Å². The highest BCUT2D eigenvalue weighted by Gasteiger charge is 2.29. The third kappa shape index (κ3) is 5.64. The molecule has 31 heavy (non-hydrogen) atoms. The summed E-state index contributed by atoms with van der Waals surface area (Å²) < 4.78 is 5.51. The molecule has 0 spiro atoms. The van der Waals surface area contributed by atoms with Crippen LogP contribution in [0.1, 0.15) is 36.8 Å². The summed E-state index contributed by atoms with van der Waals surface area (Å²) >= 11 is 0. The molecule has 0 saturated heterocycles. The molecule has 3 rings (SSSR count). The molecule has 2 aromatic rings. The second kappa shape index (κ2) is 10.3. The van der Waals surface area contributed by atoms with Gasteiger partial charge in [0.1, 0.15) is 6.61 Å². The molecular weight excluding hydrogens is 396 g/mol. The van der Waals surface area contributed by atoms with Crippen LogP contribution in [0.5, 0.6) is 0 Å². The zero-order valence-electron chi connectivity index (χ0n) is 17.2. The van der Waals surface area contributed by atoms with Crippen LogP contribution >= 0.6 is 0 Å². The van der Waals surface area contributed by atoms with Gasteiger partial charge in [0, 0.05) is 24.3 Å². The molecular formula is C24H24N2O5. The molecule has 0 bridgehead atoms. The molecule has 1 atom stereocenters. The van der Waals surface area contributed by atoms with Gasteiger partial charge in [-0.2, -0.15) is 0 Å². The van der Waals surface area contributed by atoms with E-state index >= 15 is 0 Å². The fourth-order valence-corrected chi connectivity index (χ4v) is 3.66. The molecule has 7 heteroatoms. The summed E-state index contributed by atoms with van der Waals surface area (Å²) in [4.78, 5) is 34.7. The second-order valence-electron chi connectivity index (χ2n) is 7.16. The van der Waals surface area contributed by atoms with Crippen LogP contribution in [0.2, 0.25) is 0 Å². The molecule has 0 aliphatic heterocycles. The van der Waals surface area contributed by atoms with Crippen molar-refractivity contribution < 1.29 is 24.2 Å². The normalized spacial score (nSPS) is 12.5. The van der Waals surface area contributed by atoms with Gasteiger partial charge in [-0.1, -0.05) is 61.4 Å². The maximum Gasteiger partial charge on any atom is 0.407 e. The van der Waals surface area contributed by atoms with Crippen molar-refractivity contribution in [3.05, 3.63) is 59.7 Å². The van der Waals surface area contributed by atoms with Gasteiger partial charge in [0.2, 0.25) is 5.91 Å². The lowest BCUT2D eigenvalue weighted by molar-refractivity contribution is -0.130. The Morgan fingerprint density at radius 2 is 1.68 bits per heavy atom. The van der Waals surface area contributed by atoms with E-state index in [2.05, 4.69) is 28.7 Å². The minimum absolute atomic E-state index is 0.0330. The lowest BCUT2D eigenvalue weighted by Crippen LogP contribution is -2.39. The Kier molecular flexibility index (Phi) is 7.28. The highest BCUT2D eigenvalue weighted by Crippen LogP contribution is 2.44. The van der Waals surface area contributed by atoms with E-state index in [0.717, 1.165) is 22.3 Å². The van der Waals surface area contributed by atoms with E-state index in [1.54, 1.807) is 0 Å². The van der Waals surface area contributed by atoms with Crippen LogP contribution in [-0.4, -0.2) is 42.3 Å². The minimum atomic E-state index is -1.25. The van der Waals surface area contributed by atoms with Gasteiger partial charge >= 0.3 is 12.1 Å². The van der Waals surface area contributed by atoms with E-state index in [1.807, 2.05) is 49.2 Å². The lowest BCUT2D eigenvalue weighted by atomic mass is 9.98. The molecule has 0 saturated carbocycles. The van der Waals surface area contributed by atoms with E-state index in [9.17, 15) is 14.4 Å². The first kappa shape index (κ1) is 21.9. The van der Waals surface area contributed by atoms with Crippen molar-refractivity contribution in [1.29, 1.82) is 0 Å². The fourth-order valence-electron chi connectivity index (χ4n) is 3.66. The minimum Gasteiger partial charge on any atom is -0.472 e. The number of aliphatic carboxylic acids is 1. The first-order chi connectivity index (χ1) is 15.0. The molecule has 1 aliphatic rings. The van der Waals surface area contributed by atoms with E-state index < -0.39 is 18.1 Å². The number of hydrogen-bond donors (Lipinski definition) is 3. The van der Waals surface area contributed by atoms with Crippen LogP contribution < -0.4 is 10.6 Å². The quantitative estimate of drug-likeness (QED) is 0.598. The molecule has 160 valence electrons. The average Bonchev–Trinajstić information content (AvgIpc) is 3.08. The number of carboxylic acids is 1. The van der Waals surface area contributed by atoms with Gasteiger partial charge in [-0.05, 0) is 28.7 Å². The van der Waals surface area contributed by atoms with Gasteiger partial charge in [0.05, 0.1) is 6.54 Å². The maximum absolute atomic E-state index is 12.4. The number of carbonyl (C=O) groups excluding carboxylic acids is 2. The molecule has 2 amide bonds. The molecule has 7 nitrogen and oxygen atoms in total. The number of nitrogens with one attached hydrogen (secondary N) is 2. The van der Waals surface area contributed by atoms with Crippen molar-refractivity contribution in [2.24, 2.45) is 0 Å². The molecule has 0 radical (unpaired) electrons. The van der Waals surface area contributed by atoms with Crippen LogP contribution in [0, 0.1) is 11.8 Å². The molecule has 1 aliphatic carbocycles. The van der Waals surface area contributed by atoms with Crippen LogP contribution in [0.3, 0.4) is 0 Å². The Labute approximate surface area is 180 Å².